The predicted octanol–water partition coefficient (Wildman–Crippen LogP) is 6.10. The smallest absolute Gasteiger partial charge is 0.319 e. The minimum atomic E-state index is -0.340. The quantitative estimate of drug-likeness (QED) is 0.278. The summed E-state index contributed by atoms with van der Waals surface area (Å²) in [5, 5.41) is 19.6. The van der Waals surface area contributed by atoms with Crippen molar-refractivity contribution in [2.24, 2.45) is 0 Å². The Morgan fingerprint density at radius 2 is 1.95 bits per heavy atom. The third kappa shape index (κ3) is 5.23. The van der Waals surface area contributed by atoms with Crippen LogP contribution in [0, 0.1) is 17.1 Å². The molecule has 2 atom stereocenters. The van der Waals surface area contributed by atoms with Gasteiger partial charge in [-0.1, -0.05) is 35.7 Å². The number of nitrogens with one attached hydrogen (secondary N) is 1. The molecule has 5 heterocycles. The van der Waals surface area contributed by atoms with Crippen LogP contribution in [0.25, 0.3) is 16.2 Å². The highest BCUT2D eigenvalue weighted by Crippen LogP contribution is 2.46. The number of hydrogen-bond donors (Lipinski definition) is 1. The van der Waals surface area contributed by atoms with Crippen molar-refractivity contribution in [2.75, 3.05) is 25.5 Å². The van der Waals surface area contributed by atoms with E-state index >= 15 is 0 Å². The Morgan fingerprint density at radius 3 is 2.63 bits per heavy atom. The van der Waals surface area contributed by atoms with Crippen LogP contribution >= 0.6 is 22.7 Å². The Kier molecular flexibility index (Phi) is 7.38. The number of carbonyl (C=O) groups is 1. The first-order valence-corrected chi connectivity index (χ1v) is 15.9. The summed E-state index contributed by atoms with van der Waals surface area (Å²) in [4.78, 5) is 30.1. The van der Waals surface area contributed by atoms with Crippen molar-refractivity contribution >= 4 is 44.6 Å². The number of fused-ring (bicyclic) bond motifs is 2. The molecule has 2 aliphatic rings. The van der Waals surface area contributed by atoms with Crippen LogP contribution in [0.15, 0.2) is 36.0 Å². The Labute approximate surface area is 258 Å². The summed E-state index contributed by atoms with van der Waals surface area (Å²) in [5.74, 6) is 0.521. The van der Waals surface area contributed by atoms with Crippen LogP contribution in [-0.4, -0.2) is 67.8 Å². The van der Waals surface area contributed by atoms with Crippen LogP contribution in [0.1, 0.15) is 62.0 Å². The van der Waals surface area contributed by atoms with Crippen LogP contribution < -0.4 is 10.2 Å². The van der Waals surface area contributed by atoms with Crippen LogP contribution in [0.5, 0.6) is 0 Å². The van der Waals surface area contributed by atoms with Crippen LogP contribution in [-0.2, 0) is 6.42 Å². The van der Waals surface area contributed by atoms with Crippen molar-refractivity contribution in [2.45, 2.75) is 64.6 Å². The number of hydrogen-bond acceptors (Lipinski definition) is 9. The first-order chi connectivity index (χ1) is 20.5. The van der Waals surface area contributed by atoms with Gasteiger partial charge in [0.25, 0.3) is 0 Å². The number of aromatic nitrogens is 4. The molecule has 2 unspecified atom stereocenters. The fraction of sp³-hybridized carbons (Fsp3) is 0.433. The second-order valence-corrected chi connectivity index (χ2v) is 13.9. The van der Waals surface area contributed by atoms with Crippen LogP contribution in [0.4, 0.5) is 20.1 Å². The van der Waals surface area contributed by atoms with Crippen LogP contribution in [0.2, 0.25) is 0 Å². The monoisotopic (exact) mass is 619 g/mol. The zero-order valence-electron chi connectivity index (χ0n) is 25.1. The van der Waals surface area contributed by atoms with Gasteiger partial charge in [0.2, 0.25) is 4.96 Å². The molecule has 2 amide bonds. The summed E-state index contributed by atoms with van der Waals surface area (Å²) < 4.78 is 15.4. The number of imidazole rings is 1. The first kappa shape index (κ1) is 29.1. The number of halogens is 1. The number of nitriles is 1. The molecule has 1 aromatic carbocycles. The van der Waals surface area contributed by atoms with Gasteiger partial charge in [-0.3, -0.25) is 0 Å². The SMILES string of the molecule is CCc1nc2sc(C3CC(N(C)C(=O)NC(C)(C)C)N4CCC=C34)nn2c1N(C)c1nc(-c2ccc(F)cc2)c(C#N)s1. The number of carbonyl (C=O) groups excluding carboxylic acids is 1. The van der Waals surface area contributed by atoms with Gasteiger partial charge in [-0.25, -0.2) is 19.2 Å². The molecule has 0 spiro atoms. The zero-order valence-corrected chi connectivity index (χ0v) is 26.7. The minimum Gasteiger partial charge on any atom is -0.354 e. The summed E-state index contributed by atoms with van der Waals surface area (Å²) in [6.07, 6.45) is 4.60. The van der Waals surface area contributed by atoms with Gasteiger partial charge >= 0.3 is 6.03 Å². The van der Waals surface area contributed by atoms with E-state index in [1.807, 2.05) is 49.2 Å². The van der Waals surface area contributed by atoms with Crippen LogP contribution in [0.3, 0.4) is 0 Å². The lowest BCUT2D eigenvalue weighted by atomic mass is 10.1. The molecule has 6 rings (SSSR count). The maximum Gasteiger partial charge on any atom is 0.319 e. The van der Waals surface area contributed by atoms with Gasteiger partial charge in [-0.15, -0.1) is 0 Å². The second-order valence-electron chi connectivity index (χ2n) is 11.9. The van der Waals surface area contributed by atoms with E-state index in [0.717, 1.165) is 40.9 Å². The molecule has 43 heavy (non-hydrogen) atoms. The summed E-state index contributed by atoms with van der Waals surface area (Å²) in [7, 11) is 3.77. The van der Waals surface area contributed by atoms with Gasteiger partial charge in [0.1, 0.15) is 33.6 Å². The fourth-order valence-corrected chi connectivity index (χ4v) is 7.68. The van der Waals surface area contributed by atoms with Gasteiger partial charge in [-0.05, 0) is 57.9 Å². The van der Waals surface area contributed by atoms with Crippen molar-refractivity contribution in [3.05, 3.63) is 57.4 Å². The number of urea groups is 1. The molecule has 4 aromatic rings. The van der Waals surface area contributed by atoms with E-state index in [4.69, 9.17) is 15.1 Å². The van der Waals surface area contributed by atoms with Gasteiger partial charge in [0, 0.05) is 43.9 Å². The highest BCUT2D eigenvalue weighted by Gasteiger charge is 2.44. The average Bonchev–Trinajstić information content (AvgIpc) is 3.77. The molecule has 224 valence electrons. The van der Waals surface area contributed by atoms with Gasteiger partial charge < -0.3 is 20.0 Å². The lowest BCUT2D eigenvalue weighted by molar-refractivity contribution is 0.128. The molecular weight excluding hydrogens is 586 g/mol. The average molecular weight is 620 g/mol. The van der Waals surface area contributed by atoms with Crippen molar-refractivity contribution in [1.82, 2.24) is 34.7 Å². The molecule has 0 bridgehead atoms. The highest BCUT2D eigenvalue weighted by atomic mass is 32.1. The Hall–Kier alpha value is -4.02. The maximum absolute atomic E-state index is 13.5. The molecule has 0 saturated carbocycles. The molecule has 2 aliphatic heterocycles. The second kappa shape index (κ2) is 10.9. The first-order valence-electron chi connectivity index (χ1n) is 14.3. The number of anilines is 2. The normalized spacial score (nSPS) is 18.1. The van der Waals surface area contributed by atoms with Gasteiger partial charge in [0.15, 0.2) is 10.9 Å². The third-order valence-electron chi connectivity index (χ3n) is 7.81. The number of rotatable bonds is 6. The number of amides is 2. The van der Waals surface area contributed by atoms with Crippen molar-refractivity contribution < 1.29 is 9.18 Å². The Morgan fingerprint density at radius 1 is 1.21 bits per heavy atom. The molecule has 13 heteroatoms. The van der Waals surface area contributed by atoms with E-state index in [1.54, 1.807) is 23.5 Å². The Balaban J connectivity index is 1.33. The number of nitrogens with zero attached hydrogens (tertiary/aromatic N) is 8. The summed E-state index contributed by atoms with van der Waals surface area (Å²) in [5.41, 5.74) is 2.99. The molecule has 1 saturated heterocycles. The number of allylic oxidation sites excluding steroid dienone is 1. The summed E-state index contributed by atoms with van der Waals surface area (Å²) >= 11 is 2.85. The topological polar surface area (TPSA) is 106 Å². The molecule has 1 N–H and O–H groups in total. The number of benzene rings is 1. The molecule has 10 nitrogen and oxygen atoms in total. The molecule has 1 fully saturated rings. The van der Waals surface area contributed by atoms with E-state index in [2.05, 4.69) is 29.3 Å². The minimum absolute atomic E-state index is 0.0578. The molecule has 0 radical (unpaired) electrons. The molecule has 3 aromatic heterocycles. The largest absolute Gasteiger partial charge is 0.354 e. The van der Waals surface area contributed by atoms with E-state index in [0.29, 0.717) is 27.7 Å². The number of aryl methyl sites for hydroxylation is 1. The van der Waals surface area contributed by atoms with E-state index in [-0.39, 0.29) is 29.5 Å². The predicted molar refractivity (Wildman–Crippen MR) is 167 cm³/mol. The standard InChI is InChI=1S/C30H34FN9OS2/c1-7-20-26(38(6)28-34-24(22(16-32)42-28)17-10-12-18(31)13-11-17)40-29(33-20)43-25(36-40)19-15-23(39-14-8-9-21(19)39)37(5)27(41)35-30(2,3)4/h9-13,19,23H,7-8,14-15H2,1-6H3,(H,35,41). The highest BCUT2D eigenvalue weighted by molar-refractivity contribution is 7.17. The van der Waals surface area contributed by atoms with E-state index in [1.165, 1.54) is 29.2 Å². The van der Waals surface area contributed by atoms with E-state index < -0.39 is 0 Å². The fourth-order valence-electron chi connectivity index (χ4n) is 5.79. The summed E-state index contributed by atoms with van der Waals surface area (Å²) in [6.45, 7) is 8.88. The lowest BCUT2D eigenvalue weighted by Crippen LogP contribution is -2.53. The number of thiazole rings is 1. The van der Waals surface area contributed by atoms with Crippen molar-refractivity contribution in [3.63, 3.8) is 0 Å². The third-order valence-corrected chi connectivity index (χ3v) is 9.86. The van der Waals surface area contributed by atoms with Gasteiger partial charge in [0.05, 0.1) is 11.6 Å². The lowest BCUT2D eigenvalue weighted by Gasteiger charge is -2.34. The zero-order chi connectivity index (χ0) is 30.6. The van der Waals surface area contributed by atoms with Crippen molar-refractivity contribution in [3.8, 4) is 17.3 Å². The molecular formula is C30H34FN9OS2. The maximum atomic E-state index is 13.5. The summed E-state index contributed by atoms with van der Waals surface area (Å²) in [6, 6.07) is 8.17. The molecule has 0 aliphatic carbocycles. The van der Waals surface area contributed by atoms with E-state index in [9.17, 15) is 14.4 Å². The van der Waals surface area contributed by atoms with Gasteiger partial charge in [-0.2, -0.15) is 14.9 Å². The Bertz CT molecular complexity index is 1760. The van der Waals surface area contributed by atoms with Crippen molar-refractivity contribution in [1.29, 1.82) is 5.26 Å².